The summed E-state index contributed by atoms with van der Waals surface area (Å²) in [4.78, 5) is 22.6. The van der Waals surface area contributed by atoms with E-state index in [-0.39, 0.29) is 11.9 Å². The van der Waals surface area contributed by atoms with Crippen LogP contribution in [0.4, 0.5) is 0 Å². The van der Waals surface area contributed by atoms with Gasteiger partial charge in [-0.1, -0.05) is 51.2 Å². The van der Waals surface area contributed by atoms with E-state index in [0.29, 0.717) is 19.4 Å². The highest BCUT2D eigenvalue weighted by Gasteiger charge is 2.28. The first kappa shape index (κ1) is 17.7. The van der Waals surface area contributed by atoms with E-state index in [1.54, 1.807) is 0 Å². The van der Waals surface area contributed by atoms with Crippen LogP contribution >= 0.6 is 0 Å². The number of hydrogen-bond donors (Lipinski definition) is 1. The SMILES string of the molecule is CCCCCCCC/C=C/CCOC(=O)[C@@H]1CCC(=O)N1. The van der Waals surface area contributed by atoms with Crippen molar-refractivity contribution in [3.8, 4) is 0 Å². The van der Waals surface area contributed by atoms with E-state index in [4.69, 9.17) is 4.74 Å². The lowest BCUT2D eigenvalue weighted by Crippen LogP contribution is -2.34. The molecule has 120 valence electrons. The van der Waals surface area contributed by atoms with Crippen LogP contribution in [0.15, 0.2) is 12.2 Å². The molecule has 1 heterocycles. The van der Waals surface area contributed by atoms with Crippen LogP contribution in [0.1, 0.15) is 71.1 Å². The van der Waals surface area contributed by atoms with E-state index in [1.807, 2.05) is 0 Å². The number of amides is 1. The summed E-state index contributed by atoms with van der Waals surface area (Å²) in [6, 6.07) is -0.426. The number of hydrogen-bond acceptors (Lipinski definition) is 3. The monoisotopic (exact) mass is 295 g/mol. The predicted octanol–water partition coefficient (Wildman–Crippen LogP) is 3.51. The van der Waals surface area contributed by atoms with Crippen LogP contribution in [-0.4, -0.2) is 24.5 Å². The summed E-state index contributed by atoms with van der Waals surface area (Å²) in [6.45, 7) is 2.63. The maximum Gasteiger partial charge on any atom is 0.328 e. The Hall–Kier alpha value is -1.32. The molecule has 0 spiro atoms. The zero-order chi connectivity index (χ0) is 15.3. The topological polar surface area (TPSA) is 55.4 Å². The van der Waals surface area contributed by atoms with Gasteiger partial charge >= 0.3 is 5.97 Å². The zero-order valence-electron chi connectivity index (χ0n) is 13.2. The summed E-state index contributed by atoms with van der Waals surface area (Å²) in [7, 11) is 0. The molecule has 1 aliphatic heterocycles. The van der Waals surface area contributed by atoms with Gasteiger partial charge in [-0.3, -0.25) is 4.79 Å². The lowest BCUT2D eigenvalue weighted by molar-refractivity contribution is -0.146. The third-order valence-electron chi connectivity index (χ3n) is 3.70. The van der Waals surface area contributed by atoms with Crippen LogP contribution in [0.3, 0.4) is 0 Å². The van der Waals surface area contributed by atoms with Crippen molar-refractivity contribution >= 4 is 11.9 Å². The highest BCUT2D eigenvalue weighted by molar-refractivity contribution is 5.87. The van der Waals surface area contributed by atoms with E-state index in [9.17, 15) is 9.59 Å². The van der Waals surface area contributed by atoms with Gasteiger partial charge in [0.05, 0.1) is 6.61 Å². The van der Waals surface area contributed by atoms with Crippen LogP contribution in [0, 0.1) is 0 Å². The Morgan fingerprint density at radius 2 is 1.90 bits per heavy atom. The standard InChI is InChI=1S/C17H29NO3/c1-2-3-4-5-6-7-8-9-10-11-14-21-17(20)15-12-13-16(19)18-15/h9-10,15H,2-8,11-14H2,1H3,(H,18,19)/b10-9+/t15-/m0/s1. The molecule has 4 nitrogen and oxygen atoms in total. The maximum absolute atomic E-state index is 11.6. The Balaban J connectivity index is 1.90. The summed E-state index contributed by atoms with van der Waals surface area (Å²) >= 11 is 0. The molecule has 1 atom stereocenters. The fourth-order valence-corrected chi connectivity index (χ4v) is 2.40. The minimum absolute atomic E-state index is 0.0595. The lowest BCUT2D eigenvalue weighted by Gasteiger charge is -2.08. The van der Waals surface area contributed by atoms with Crippen LogP contribution in [-0.2, 0) is 14.3 Å². The van der Waals surface area contributed by atoms with Crippen molar-refractivity contribution < 1.29 is 14.3 Å². The highest BCUT2D eigenvalue weighted by atomic mass is 16.5. The summed E-state index contributed by atoms with van der Waals surface area (Å²) in [5.41, 5.74) is 0. The molecule has 21 heavy (non-hydrogen) atoms. The summed E-state index contributed by atoms with van der Waals surface area (Å²) in [5.74, 6) is -0.360. The Labute approximate surface area is 128 Å². The van der Waals surface area contributed by atoms with Gasteiger partial charge in [0, 0.05) is 6.42 Å². The minimum Gasteiger partial charge on any atom is -0.464 e. The Kier molecular flexibility index (Phi) is 9.58. The van der Waals surface area contributed by atoms with Gasteiger partial charge in [-0.05, 0) is 25.7 Å². The normalized spacial score (nSPS) is 18.1. The third-order valence-corrected chi connectivity index (χ3v) is 3.70. The third kappa shape index (κ3) is 8.53. The average molecular weight is 295 g/mol. The zero-order valence-corrected chi connectivity index (χ0v) is 13.2. The summed E-state index contributed by atoms with van der Waals surface area (Å²) < 4.78 is 5.14. The molecule has 0 aromatic heterocycles. The number of carbonyl (C=O) groups excluding carboxylic acids is 2. The average Bonchev–Trinajstić information content (AvgIpc) is 2.91. The summed E-state index contributed by atoms with van der Waals surface area (Å²) in [6.07, 6.45) is 15.0. The van der Waals surface area contributed by atoms with Crippen LogP contribution < -0.4 is 5.32 Å². The van der Waals surface area contributed by atoms with Crippen molar-refractivity contribution in [1.82, 2.24) is 5.32 Å². The molecule has 0 aromatic carbocycles. The Morgan fingerprint density at radius 1 is 1.19 bits per heavy atom. The van der Waals surface area contributed by atoms with Gasteiger partial charge in [-0.2, -0.15) is 0 Å². The number of carbonyl (C=O) groups is 2. The molecule has 1 amide bonds. The largest absolute Gasteiger partial charge is 0.464 e. The van der Waals surface area contributed by atoms with E-state index in [2.05, 4.69) is 24.4 Å². The first-order valence-electron chi connectivity index (χ1n) is 8.35. The molecule has 1 N–H and O–H groups in total. The van der Waals surface area contributed by atoms with Crippen molar-refractivity contribution in [3.63, 3.8) is 0 Å². The second-order valence-corrected chi connectivity index (χ2v) is 5.64. The number of rotatable bonds is 11. The molecule has 1 saturated heterocycles. The van der Waals surface area contributed by atoms with Crippen LogP contribution in [0.5, 0.6) is 0 Å². The van der Waals surface area contributed by atoms with Crippen molar-refractivity contribution in [2.75, 3.05) is 6.61 Å². The molecule has 0 unspecified atom stereocenters. The van der Waals surface area contributed by atoms with Crippen molar-refractivity contribution in [3.05, 3.63) is 12.2 Å². The van der Waals surface area contributed by atoms with Gasteiger partial charge in [0.1, 0.15) is 6.04 Å². The molecule has 1 aliphatic rings. The fourth-order valence-electron chi connectivity index (χ4n) is 2.40. The van der Waals surface area contributed by atoms with Gasteiger partial charge in [0.25, 0.3) is 0 Å². The molecular weight excluding hydrogens is 266 g/mol. The first-order chi connectivity index (χ1) is 10.2. The summed E-state index contributed by atoms with van der Waals surface area (Å²) in [5, 5.41) is 2.61. The molecule has 1 rings (SSSR count). The smallest absolute Gasteiger partial charge is 0.328 e. The molecule has 0 radical (unpaired) electrons. The second-order valence-electron chi connectivity index (χ2n) is 5.64. The number of nitrogens with one attached hydrogen (secondary N) is 1. The van der Waals surface area contributed by atoms with E-state index in [0.717, 1.165) is 12.8 Å². The maximum atomic E-state index is 11.6. The van der Waals surface area contributed by atoms with Crippen LogP contribution in [0.25, 0.3) is 0 Å². The Morgan fingerprint density at radius 3 is 2.62 bits per heavy atom. The Bertz CT molecular complexity index is 339. The van der Waals surface area contributed by atoms with E-state index < -0.39 is 6.04 Å². The van der Waals surface area contributed by atoms with Crippen LogP contribution in [0.2, 0.25) is 0 Å². The number of allylic oxidation sites excluding steroid dienone is 1. The van der Waals surface area contributed by atoms with E-state index >= 15 is 0 Å². The molecule has 0 saturated carbocycles. The number of unbranched alkanes of at least 4 members (excludes halogenated alkanes) is 6. The lowest BCUT2D eigenvalue weighted by atomic mass is 10.1. The molecule has 0 aliphatic carbocycles. The van der Waals surface area contributed by atoms with Crippen molar-refractivity contribution in [1.29, 1.82) is 0 Å². The van der Waals surface area contributed by atoms with Gasteiger partial charge in [0.2, 0.25) is 5.91 Å². The second kappa shape index (κ2) is 11.4. The van der Waals surface area contributed by atoms with Gasteiger partial charge in [-0.25, -0.2) is 4.79 Å². The van der Waals surface area contributed by atoms with Gasteiger partial charge < -0.3 is 10.1 Å². The highest BCUT2D eigenvalue weighted by Crippen LogP contribution is 2.09. The minimum atomic E-state index is -0.426. The van der Waals surface area contributed by atoms with Crippen molar-refractivity contribution in [2.24, 2.45) is 0 Å². The predicted molar refractivity (Wildman–Crippen MR) is 83.9 cm³/mol. The number of ether oxygens (including phenoxy) is 1. The first-order valence-corrected chi connectivity index (χ1v) is 8.35. The molecule has 1 fully saturated rings. The quantitative estimate of drug-likeness (QED) is 0.360. The molecule has 4 heteroatoms. The van der Waals surface area contributed by atoms with Crippen molar-refractivity contribution in [2.45, 2.75) is 77.2 Å². The molecular formula is C17H29NO3. The van der Waals surface area contributed by atoms with Gasteiger partial charge in [-0.15, -0.1) is 0 Å². The molecule has 0 aromatic rings. The van der Waals surface area contributed by atoms with E-state index in [1.165, 1.54) is 38.5 Å². The van der Waals surface area contributed by atoms with Gasteiger partial charge in [0.15, 0.2) is 0 Å². The fraction of sp³-hybridized carbons (Fsp3) is 0.765. The number of esters is 1. The molecule has 0 bridgehead atoms.